The summed E-state index contributed by atoms with van der Waals surface area (Å²) < 4.78 is 4.26. The van der Waals surface area contributed by atoms with Gasteiger partial charge in [-0.2, -0.15) is 0 Å². The second-order valence-corrected chi connectivity index (χ2v) is 9.53. The van der Waals surface area contributed by atoms with Gasteiger partial charge in [0.1, 0.15) is 0 Å². The predicted octanol–water partition coefficient (Wildman–Crippen LogP) is 4.95. The molecule has 3 heterocycles. The first-order chi connectivity index (χ1) is 8.35. The lowest BCUT2D eigenvalue weighted by molar-refractivity contribution is 0.112. The Kier molecular flexibility index (Phi) is 3.97. The summed E-state index contributed by atoms with van der Waals surface area (Å²) in [5.74, 6) is 2.44. The smallest absolute Gasteiger partial charge is 0.160 e. The fourth-order valence-electron chi connectivity index (χ4n) is 1.42. The highest BCUT2D eigenvalue weighted by atomic mass is 32.3. The quantitative estimate of drug-likeness (QED) is 0.716. The summed E-state index contributed by atoms with van der Waals surface area (Å²) in [7, 11) is 0. The maximum atomic E-state index is 10.6. The van der Waals surface area contributed by atoms with E-state index < -0.39 is 0 Å². The molecule has 17 heavy (non-hydrogen) atoms. The molecule has 2 aliphatic heterocycles. The largest absolute Gasteiger partial charge is 0.297 e. The maximum Gasteiger partial charge on any atom is 0.160 e. The summed E-state index contributed by atoms with van der Waals surface area (Å²) in [6.45, 7) is 0. The van der Waals surface area contributed by atoms with Gasteiger partial charge in [-0.3, -0.25) is 4.79 Å². The molecule has 0 amide bonds. The van der Waals surface area contributed by atoms with Crippen LogP contribution in [0, 0.1) is 0 Å². The Morgan fingerprint density at radius 1 is 1.00 bits per heavy atom. The van der Waals surface area contributed by atoms with Gasteiger partial charge in [0, 0.05) is 16.4 Å². The van der Waals surface area contributed by atoms with E-state index >= 15 is 0 Å². The minimum absolute atomic E-state index is 0.798. The minimum atomic E-state index is 0.798. The second-order valence-electron chi connectivity index (χ2n) is 3.30. The third kappa shape index (κ3) is 2.81. The Morgan fingerprint density at radius 2 is 1.65 bits per heavy atom. The van der Waals surface area contributed by atoms with Gasteiger partial charge in [-0.25, -0.2) is 0 Å². The first-order valence-corrected chi connectivity index (χ1v) is 9.39. The average molecular weight is 317 g/mol. The van der Waals surface area contributed by atoms with E-state index in [0.29, 0.717) is 0 Å². The van der Waals surface area contributed by atoms with Crippen LogP contribution >= 0.6 is 58.4 Å². The highest BCUT2D eigenvalue weighted by Crippen LogP contribution is 2.59. The molecule has 0 bridgehead atoms. The zero-order valence-electron chi connectivity index (χ0n) is 8.67. The molecule has 88 valence electrons. The topological polar surface area (TPSA) is 17.1 Å². The van der Waals surface area contributed by atoms with E-state index in [1.54, 1.807) is 11.3 Å². The second kappa shape index (κ2) is 5.48. The lowest BCUT2D eigenvalue weighted by atomic mass is 10.4. The molecule has 0 saturated heterocycles. The molecule has 1 aromatic rings. The SMILES string of the molecule is O=Cc1ccc(C=C2SC3=C(SCCS3)S2)s1. The van der Waals surface area contributed by atoms with Gasteiger partial charge in [0.25, 0.3) is 0 Å². The Labute approximate surface area is 121 Å². The van der Waals surface area contributed by atoms with Gasteiger partial charge < -0.3 is 0 Å². The summed E-state index contributed by atoms with van der Waals surface area (Å²) in [5, 5.41) is 0. The average Bonchev–Trinajstić information content (AvgIpc) is 2.94. The van der Waals surface area contributed by atoms with Crippen molar-refractivity contribution in [2.24, 2.45) is 0 Å². The number of carbonyl (C=O) groups is 1. The molecule has 1 aromatic heterocycles. The fourth-order valence-corrected chi connectivity index (χ4v) is 8.21. The molecule has 2 aliphatic rings. The minimum Gasteiger partial charge on any atom is -0.297 e. The molecular weight excluding hydrogens is 308 g/mol. The summed E-state index contributed by atoms with van der Waals surface area (Å²) in [5.41, 5.74) is 0. The van der Waals surface area contributed by atoms with Crippen LogP contribution in [-0.2, 0) is 0 Å². The van der Waals surface area contributed by atoms with Crippen molar-refractivity contribution in [1.29, 1.82) is 0 Å². The van der Waals surface area contributed by atoms with Crippen molar-refractivity contribution >= 4 is 70.7 Å². The first-order valence-electron chi connectivity index (χ1n) is 4.97. The fraction of sp³-hybridized carbons (Fsp3) is 0.182. The van der Waals surface area contributed by atoms with Gasteiger partial charge in [0.15, 0.2) is 6.29 Å². The number of thiophene rings is 1. The molecule has 0 aromatic carbocycles. The van der Waals surface area contributed by atoms with E-state index in [0.717, 1.165) is 16.0 Å². The number of rotatable bonds is 2. The molecule has 0 radical (unpaired) electrons. The van der Waals surface area contributed by atoms with Gasteiger partial charge in [0.2, 0.25) is 0 Å². The van der Waals surface area contributed by atoms with Crippen molar-refractivity contribution in [3.8, 4) is 0 Å². The van der Waals surface area contributed by atoms with Crippen molar-refractivity contribution in [2.75, 3.05) is 11.5 Å². The normalized spacial score (nSPS) is 19.4. The third-order valence-electron chi connectivity index (χ3n) is 2.13. The molecule has 0 saturated carbocycles. The molecule has 0 N–H and O–H groups in total. The number of thioether (sulfide) groups is 4. The van der Waals surface area contributed by atoms with Crippen LogP contribution in [0.5, 0.6) is 0 Å². The molecule has 0 aliphatic carbocycles. The van der Waals surface area contributed by atoms with Crippen LogP contribution in [0.1, 0.15) is 14.5 Å². The van der Waals surface area contributed by atoms with Gasteiger partial charge in [-0.1, -0.05) is 23.5 Å². The van der Waals surface area contributed by atoms with E-state index in [1.165, 1.54) is 24.2 Å². The van der Waals surface area contributed by atoms with Crippen molar-refractivity contribution < 1.29 is 4.79 Å². The van der Waals surface area contributed by atoms with Gasteiger partial charge in [-0.15, -0.1) is 34.9 Å². The van der Waals surface area contributed by atoms with Crippen LogP contribution in [-0.4, -0.2) is 17.8 Å². The van der Waals surface area contributed by atoms with E-state index in [-0.39, 0.29) is 0 Å². The van der Waals surface area contributed by atoms with Gasteiger partial charge in [-0.05, 0) is 18.2 Å². The highest BCUT2D eigenvalue weighted by molar-refractivity contribution is 8.41. The molecule has 3 rings (SSSR count). The van der Waals surface area contributed by atoms with Gasteiger partial charge in [0.05, 0.1) is 17.6 Å². The van der Waals surface area contributed by atoms with Crippen LogP contribution in [0.15, 0.2) is 24.8 Å². The van der Waals surface area contributed by atoms with E-state index in [2.05, 4.69) is 6.08 Å². The van der Waals surface area contributed by atoms with Crippen LogP contribution in [0.2, 0.25) is 0 Å². The van der Waals surface area contributed by atoms with Crippen LogP contribution in [0.3, 0.4) is 0 Å². The first kappa shape index (κ1) is 12.3. The Hall–Kier alpha value is 0.250. The monoisotopic (exact) mass is 316 g/mol. The molecule has 1 nitrogen and oxygen atoms in total. The summed E-state index contributed by atoms with van der Waals surface area (Å²) >= 11 is 9.22. The van der Waals surface area contributed by atoms with Gasteiger partial charge >= 0.3 is 0 Å². The maximum absolute atomic E-state index is 10.6. The lowest BCUT2D eigenvalue weighted by Gasteiger charge is -2.08. The van der Waals surface area contributed by atoms with E-state index in [1.807, 2.05) is 59.2 Å². The number of carbonyl (C=O) groups excluding carboxylic acids is 1. The number of hydrogen-bond acceptors (Lipinski definition) is 6. The van der Waals surface area contributed by atoms with Crippen molar-refractivity contribution in [3.05, 3.63) is 34.6 Å². The highest BCUT2D eigenvalue weighted by Gasteiger charge is 2.24. The zero-order valence-corrected chi connectivity index (χ0v) is 12.8. The molecular formula is C11H8OS5. The van der Waals surface area contributed by atoms with E-state index in [4.69, 9.17) is 0 Å². The lowest BCUT2D eigenvalue weighted by Crippen LogP contribution is -1.88. The van der Waals surface area contributed by atoms with Crippen LogP contribution in [0.25, 0.3) is 6.08 Å². The van der Waals surface area contributed by atoms with Crippen molar-refractivity contribution in [1.82, 2.24) is 0 Å². The Bertz CT molecular complexity index is 494. The standard InChI is InChI=1S/C11H8OS5/c12-6-8-2-1-7(15-8)5-9-16-10-11(17-9)14-4-3-13-10/h1-2,5-6H,3-4H2. The molecule has 0 atom stereocenters. The summed E-state index contributed by atoms with van der Waals surface area (Å²) in [6.07, 6.45) is 3.10. The third-order valence-corrected chi connectivity index (χ3v) is 8.73. The van der Waals surface area contributed by atoms with Crippen molar-refractivity contribution in [3.63, 3.8) is 0 Å². The van der Waals surface area contributed by atoms with Crippen LogP contribution in [0.4, 0.5) is 0 Å². The Morgan fingerprint density at radius 3 is 2.24 bits per heavy atom. The number of hydrogen-bond donors (Lipinski definition) is 0. The van der Waals surface area contributed by atoms with E-state index in [9.17, 15) is 4.79 Å². The van der Waals surface area contributed by atoms with Crippen molar-refractivity contribution in [2.45, 2.75) is 0 Å². The molecule has 6 heteroatoms. The summed E-state index contributed by atoms with van der Waals surface area (Å²) in [4.78, 5) is 12.6. The molecule has 0 spiro atoms. The zero-order chi connectivity index (χ0) is 11.7. The number of aldehydes is 1. The molecule has 0 fully saturated rings. The molecule has 0 unspecified atom stereocenters. The predicted molar refractivity (Wildman–Crippen MR) is 84.8 cm³/mol. The summed E-state index contributed by atoms with van der Waals surface area (Å²) in [6, 6.07) is 3.89. The van der Waals surface area contributed by atoms with Crippen LogP contribution < -0.4 is 0 Å². The Balaban J connectivity index is 1.77.